The van der Waals surface area contributed by atoms with Gasteiger partial charge in [-0.2, -0.15) is 5.26 Å². The fraction of sp³-hybridized carbons (Fsp3) is 0. The summed E-state index contributed by atoms with van der Waals surface area (Å²) in [5.41, 5.74) is 11.9. The van der Waals surface area contributed by atoms with Gasteiger partial charge in [0.2, 0.25) is 0 Å². The Morgan fingerprint density at radius 3 is 1.75 bits per heavy atom. The van der Waals surface area contributed by atoms with Crippen LogP contribution >= 0.6 is 0 Å². The smallest absolute Gasteiger partial charge is 0.188 e. The van der Waals surface area contributed by atoms with Crippen molar-refractivity contribution >= 4 is 49.3 Å². The molecule has 0 N–H and O–H groups in total. The van der Waals surface area contributed by atoms with E-state index in [0.717, 1.165) is 55.4 Å². The third-order valence-electron chi connectivity index (χ3n) is 9.34. The van der Waals surface area contributed by atoms with Gasteiger partial charge in [-0.15, -0.1) is 0 Å². The molecule has 222 valence electrons. The number of rotatable bonds is 4. The molecule has 0 radical (unpaired) electrons. The lowest BCUT2D eigenvalue weighted by molar-refractivity contribution is 1.18. The zero-order chi connectivity index (χ0) is 32.2. The van der Waals surface area contributed by atoms with Crippen LogP contribution in [0.2, 0.25) is 0 Å². The van der Waals surface area contributed by atoms with Gasteiger partial charge in [0, 0.05) is 27.4 Å². The van der Waals surface area contributed by atoms with Gasteiger partial charge in [-0.25, -0.2) is 4.85 Å². The molecule has 0 amide bonds. The Labute approximate surface area is 277 Å². The minimum Gasteiger partial charge on any atom is -0.309 e. The predicted octanol–water partition coefficient (Wildman–Crippen LogP) is 11.6. The highest BCUT2D eigenvalue weighted by Gasteiger charge is 2.17. The molecule has 0 aliphatic rings. The van der Waals surface area contributed by atoms with E-state index in [1.807, 2.05) is 48.5 Å². The summed E-state index contributed by atoms with van der Waals surface area (Å²) in [4.78, 5) is 3.69. The van der Waals surface area contributed by atoms with Crippen LogP contribution in [0.25, 0.3) is 82.1 Å². The molecule has 4 heteroatoms. The molecule has 4 nitrogen and oxygen atoms in total. The zero-order valence-corrected chi connectivity index (χ0v) is 25.8. The monoisotopic (exact) mass is 610 g/mol. The van der Waals surface area contributed by atoms with Gasteiger partial charge in [-0.05, 0) is 88.8 Å². The molecule has 2 heterocycles. The molecule has 7 aromatic carbocycles. The van der Waals surface area contributed by atoms with E-state index in [9.17, 15) is 5.26 Å². The molecule has 0 aliphatic heterocycles. The van der Waals surface area contributed by atoms with Crippen LogP contribution in [0.3, 0.4) is 0 Å². The van der Waals surface area contributed by atoms with Crippen molar-refractivity contribution in [1.82, 2.24) is 9.13 Å². The first kappa shape index (κ1) is 27.4. The average Bonchev–Trinajstić information content (AvgIpc) is 3.67. The Hall–Kier alpha value is -6.88. The summed E-state index contributed by atoms with van der Waals surface area (Å²) >= 11 is 0. The molecular weight excluding hydrogens is 585 g/mol. The number of hydrogen-bond acceptors (Lipinski definition) is 1. The van der Waals surface area contributed by atoms with Crippen LogP contribution in [0.15, 0.2) is 158 Å². The quantitative estimate of drug-likeness (QED) is 0.183. The Bertz CT molecular complexity index is 2760. The molecule has 0 unspecified atom stereocenters. The van der Waals surface area contributed by atoms with Crippen molar-refractivity contribution in [3.63, 3.8) is 0 Å². The molecular formula is C44H26N4. The van der Waals surface area contributed by atoms with Crippen molar-refractivity contribution in [3.8, 4) is 39.7 Å². The summed E-state index contributed by atoms with van der Waals surface area (Å²) in [7, 11) is 0. The summed E-state index contributed by atoms with van der Waals surface area (Å²) in [5.74, 6) is 0. The van der Waals surface area contributed by atoms with Gasteiger partial charge in [0.15, 0.2) is 5.69 Å². The number of fused-ring (bicyclic) bond motifs is 6. The minimum absolute atomic E-state index is 0.601. The maximum Gasteiger partial charge on any atom is 0.188 e. The second-order valence-electron chi connectivity index (χ2n) is 12.0. The standard InChI is InChI=1S/C44H26N4/c1-46-33-21-23-44-39(27-33)37-16-4-7-19-42(37)48(44)43-22-20-29(28-45)24-38(43)32-12-8-10-30(25-32)31-11-9-13-34(26-31)47-40-17-5-2-14-35(40)36-15-3-6-18-41(36)47/h2-27H. The van der Waals surface area contributed by atoms with E-state index in [1.54, 1.807) is 0 Å². The van der Waals surface area contributed by atoms with Gasteiger partial charge in [-0.3, -0.25) is 0 Å². The summed E-state index contributed by atoms with van der Waals surface area (Å²) in [6.45, 7) is 7.59. The normalized spacial score (nSPS) is 11.3. The first-order chi connectivity index (χ1) is 23.7. The molecule has 48 heavy (non-hydrogen) atoms. The highest BCUT2D eigenvalue weighted by molar-refractivity contribution is 6.11. The number of hydrogen-bond donors (Lipinski definition) is 0. The van der Waals surface area contributed by atoms with Crippen molar-refractivity contribution in [2.75, 3.05) is 0 Å². The van der Waals surface area contributed by atoms with Crippen LogP contribution in [-0.2, 0) is 0 Å². The summed E-state index contributed by atoms with van der Waals surface area (Å²) in [6.07, 6.45) is 0. The van der Waals surface area contributed by atoms with Crippen LogP contribution in [0, 0.1) is 17.9 Å². The third-order valence-corrected chi connectivity index (χ3v) is 9.34. The van der Waals surface area contributed by atoms with E-state index in [1.165, 1.54) is 21.8 Å². The zero-order valence-electron chi connectivity index (χ0n) is 25.8. The number of nitriles is 1. The fourth-order valence-electron chi connectivity index (χ4n) is 7.21. The molecule has 0 saturated heterocycles. The van der Waals surface area contributed by atoms with E-state index in [2.05, 4.69) is 129 Å². The minimum atomic E-state index is 0.601. The first-order valence-electron chi connectivity index (χ1n) is 15.9. The SMILES string of the molecule is [C-]#[N+]c1ccc2c(c1)c1ccccc1n2-c1ccc(C#N)cc1-c1cccc(-c2cccc(-n3c4ccccc4c4ccccc43)c2)c1. The lowest BCUT2D eigenvalue weighted by Crippen LogP contribution is -1.98. The Morgan fingerprint density at radius 2 is 1.06 bits per heavy atom. The summed E-state index contributed by atoms with van der Waals surface area (Å²) in [5, 5.41) is 14.5. The Kier molecular flexibility index (Phi) is 6.22. The molecule has 0 atom stereocenters. The first-order valence-corrected chi connectivity index (χ1v) is 15.9. The second-order valence-corrected chi connectivity index (χ2v) is 12.0. The van der Waals surface area contributed by atoms with Gasteiger partial charge in [-0.1, -0.05) is 91.0 Å². The lowest BCUT2D eigenvalue weighted by atomic mass is 9.96. The molecule has 0 aliphatic carbocycles. The number of aromatic nitrogens is 2. The van der Waals surface area contributed by atoms with Gasteiger partial charge in [0.05, 0.1) is 46.0 Å². The number of benzene rings is 7. The van der Waals surface area contributed by atoms with Gasteiger partial charge < -0.3 is 9.13 Å². The third kappa shape index (κ3) is 4.22. The fourth-order valence-corrected chi connectivity index (χ4v) is 7.21. The van der Waals surface area contributed by atoms with Crippen LogP contribution in [-0.4, -0.2) is 9.13 Å². The van der Waals surface area contributed by atoms with Crippen LogP contribution in [0.4, 0.5) is 5.69 Å². The van der Waals surface area contributed by atoms with E-state index in [-0.39, 0.29) is 0 Å². The van der Waals surface area contributed by atoms with E-state index in [0.29, 0.717) is 11.3 Å². The molecule has 0 saturated carbocycles. The van der Waals surface area contributed by atoms with E-state index < -0.39 is 0 Å². The van der Waals surface area contributed by atoms with E-state index in [4.69, 9.17) is 6.57 Å². The highest BCUT2D eigenvalue weighted by Crippen LogP contribution is 2.39. The molecule has 0 bridgehead atoms. The lowest BCUT2D eigenvalue weighted by Gasteiger charge is -2.16. The molecule has 9 aromatic rings. The van der Waals surface area contributed by atoms with Crippen molar-refractivity contribution < 1.29 is 0 Å². The van der Waals surface area contributed by atoms with Crippen molar-refractivity contribution in [2.45, 2.75) is 0 Å². The summed E-state index contributed by atoms with van der Waals surface area (Å²) < 4.78 is 4.60. The maximum atomic E-state index is 9.95. The number of nitrogens with zero attached hydrogens (tertiary/aromatic N) is 4. The summed E-state index contributed by atoms with van der Waals surface area (Å²) in [6, 6.07) is 56.8. The van der Waals surface area contributed by atoms with Crippen LogP contribution < -0.4 is 0 Å². The maximum absolute atomic E-state index is 9.95. The van der Waals surface area contributed by atoms with Crippen LogP contribution in [0.5, 0.6) is 0 Å². The average molecular weight is 611 g/mol. The predicted molar refractivity (Wildman–Crippen MR) is 197 cm³/mol. The molecule has 2 aromatic heterocycles. The van der Waals surface area contributed by atoms with Crippen LogP contribution in [0.1, 0.15) is 5.56 Å². The largest absolute Gasteiger partial charge is 0.309 e. The van der Waals surface area contributed by atoms with Crippen molar-refractivity contribution in [3.05, 3.63) is 175 Å². The Balaban J connectivity index is 1.23. The van der Waals surface area contributed by atoms with Gasteiger partial charge in [0.1, 0.15) is 0 Å². The van der Waals surface area contributed by atoms with Gasteiger partial charge in [0.25, 0.3) is 0 Å². The van der Waals surface area contributed by atoms with E-state index >= 15 is 0 Å². The Morgan fingerprint density at radius 1 is 0.479 bits per heavy atom. The second kappa shape index (κ2) is 10.9. The van der Waals surface area contributed by atoms with Gasteiger partial charge >= 0.3 is 0 Å². The van der Waals surface area contributed by atoms with Crippen molar-refractivity contribution in [1.29, 1.82) is 5.26 Å². The molecule has 9 rings (SSSR count). The van der Waals surface area contributed by atoms with Crippen molar-refractivity contribution in [2.24, 2.45) is 0 Å². The molecule has 0 fully saturated rings. The topological polar surface area (TPSA) is 38.0 Å². The molecule has 0 spiro atoms. The number of para-hydroxylation sites is 3. The highest BCUT2D eigenvalue weighted by atomic mass is 15.0.